The minimum Gasteiger partial charge on any atom is -0.369 e. The van der Waals surface area contributed by atoms with Crippen LogP contribution in [0.25, 0.3) is 22.3 Å². The number of aryl methyl sites for hydroxylation is 1. The maximum atomic E-state index is 4.71. The molecule has 6 nitrogen and oxygen atoms in total. The van der Waals surface area contributed by atoms with Crippen LogP contribution in [0.15, 0.2) is 48.2 Å². The molecular weight excluding hydrogens is 320 g/mol. The number of nitrogens with one attached hydrogen (secondary N) is 1. The Bertz CT molecular complexity index is 960. The first-order valence-corrected chi connectivity index (χ1v) is 8.55. The van der Waals surface area contributed by atoms with E-state index in [2.05, 4.69) is 37.9 Å². The van der Waals surface area contributed by atoms with Crippen molar-refractivity contribution in [3.63, 3.8) is 0 Å². The third-order valence-electron chi connectivity index (χ3n) is 3.78. The maximum Gasteiger partial charge on any atom is 0.163 e. The fourth-order valence-corrected chi connectivity index (χ4v) is 3.37. The fourth-order valence-electron chi connectivity index (χ4n) is 2.56. The predicted octanol–water partition coefficient (Wildman–Crippen LogP) is 3.14. The molecule has 0 saturated heterocycles. The lowest BCUT2D eigenvalue weighted by atomic mass is 10.2. The molecule has 0 unspecified atom stereocenters. The molecule has 0 spiro atoms. The monoisotopic (exact) mass is 336 g/mol. The molecular formula is C17H16N6S. The molecule has 0 saturated carbocycles. The van der Waals surface area contributed by atoms with E-state index in [4.69, 9.17) is 4.98 Å². The van der Waals surface area contributed by atoms with E-state index in [0.717, 1.165) is 46.1 Å². The van der Waals surface area contributed by atoms with Crippen LogP contribution in [-0.4, -0.2) is 31.3 Å². The number of nitrogens with zero attached hydrogens (tertiary/aromatic N) is 5. The smallest absolute Gasteiger partial charge is 0.163 e. The van der Waals surface area contributed by atoms with Crippen molar-refractivity contribution in [1.29, 1.82) is 0 Å². The molecule has 3 aromatic heterocycles. The molecule has 0 radical (unpaired) electrons. The van der Waals surface area contributed by atoms with Gasteiger partial charge in [-0.15, -0.1) is 11.3 Å². The Morgan fingerprint density at radius 1 is 1.17 bits per heavy atom. The third-order valence-corrected chi connectivity index (χ3v) is 4.69. The van der Waals surface area contributed by atoms with Crippen LogP contribution in [0, 0.1) is 0 Å². The Kier molecular flexibility index (Phi) is 3.92. The maximum absolute atomic E-state index is 4.71. The Hall–Kier alpha value is -2.80. The molecule has 3 heterocycles. The summed E-state index contributed by atoms with van der Waals surface area (Å²) in [5, 5.41) is 11.7. The van der Waals surface area contributed by atoms with Gasteiger partial charge in [-0.2, -0.15) is 5.10 Å². The number of fused-ring (bicyclic) bond motifs is 1. The molecule has 7 heteroatoms. The average Bonchev–Trinajstić information content (AvgIpc) is 3.24. The largest absolute Gasteiger partial charge is 0.369 e. The Morgan fingerprint density at radius 2 is 2.04 bits per heavy atom. The minimum absolute atomic E-state index is 0.767. The number of hydrogen-bond donors (Lipinski definition) is 1. The number of aromatic nitrogens is 5. The highest BCUT2D eigenvalue weighted by atomic mass is 32.1. The van der Waals surface area contributed by atoms with Gasteiger partial charge in [0.2, 0.25) is 0 Å². The third kappa shape index (κ3) is 2.85. The minimum atomic E-state index is 0.767. The Balaban J connectivity index is 1.43. The van der Waals surface area contributed by atoms with Crippen molar-refractivity contribution in [3.8, 4) is 11.3 Å². The van der Waals surface area contributed by atoms with Gasteiger partial charge >= 0.3 is 0 Å². The molecule has 0 aliphatic heterocycles. The quantitative estimate of drug-likeness (QED) is 0.606. The first-order chi connectivity index (χ1) is 11.8. The molecule has 0 bridgehead atoms. The van der Waals surface area contributed by atoms with Crippen molar-refractivity contribution in [2.24, 2.45) is 7.05 Å². The van der Waals surface area contributed by atoms with Crippen molar-refractivity contribution in [2.75, 3.05) is 11.9 Å². The summed E-state index contributed by atoms with van der Waals surface area (Å²) < 4.78 is 1.75. The zero-order chi connectivity index (χ0) is 16.4. The molecule has 1 aromatic carbocycles. The first kappa shape index (κ1) is 14.8. The summed E-state index contributed by atoms with van der Waals surface area (Å²) in [6.45, 7) is 0.767. The molecule has 4 aromatic rings. The van der Waals surface area contributed by atoms with Gasteiger partial charge < -0.3 is 5.32 Å². The van der Waals surface area contributed by atoms with Crippen LogP contribution in [0.1, 0.15) is 5.01 Å². The number of anilines is 1. The lowest BCUT2D eigenvalue weighted by Gasteiger charge is -2.04. The van der Waals surface area contributed by atoms with E-state index >= 15 is 0 Å². The SMILES string of the molecule is Cn1ncc2c(NCCc3nc(-c4ccccc4)cs3)ncnc21. The lowest BCUT2D eigenvalue weighted by molar-refractivity contribution is 0.785. The van der Waals surface area contributed by atoms with Crippen LogP contribution >= 0.6 is 11.3 Å². The second-order valence-corrected chi connectivity index (χ2v) is 6.34. The van der Waals surface area contributed by atoms with E-state index in [1.54, 1.807) is 28.5 Å². The van der Waals surface area contributed by atoms with Crippen LogP contribution in [0.4, 0.5) is 5.82 Å². The van der Waals surface area contributed by atoms with Gasteiger partial charge in [0.25, 0.3) is 0 Å². The summed E-state index contributed by atoms with van der Waals surface area (Å²) in [6, 6.07) is 10.2. The number of thiazole rings is 1. The molecule has 4 rings (SSSR count). The fraction of sp³-hybridized carbons (Fsp3) is 0.176. The molecule has 1 N–H and O–H groups in total. The number of benzene rings is 1. The van der Waals surface area contributed by atoms with Crippen LogP contribution in [0.2, 0.25) is 0 Å². The van der Waals surface area contributed by atoms with Crippen molar-refractivity contribution in [3.05, 3.63) is 53.2 Å². The van der Waals surface area contributed by atoms with Gasteiger partial charge in [0, 0.05) is 31.0 Å². The predicted molar refractivity (Wildman–Crippen MR) is 96.0 cm³/mol. The average molecular weight is 336 g/mol. The summed E-state index contributed by atoms with van der Waals surface area (Å²) in [5.41, 5.74) is 3.02. The molecule has 0 aliphatic rings. The van der Waals surface area contributed by atoms with Crippen LogP contribution < -0.4 is 5.32 Å². The topological polar surface area (TPSA) is 68.5 Å². The zero-order valence-electron chi connectivity index (χ0n) is 13.2. The normalized spacial score (nSPS) is 11.0. The Labute approximate surface area is 143 Å². The van der Waals surface area contributed by atoms with Gasteiger partial charge in [-0.3, -0.25) is 4.68 Å². The van der Waals surface area contributed by atoms with E-state index in [1.807, 2.05) is 25.2 Å². The molecule has 0 fully saturated rings. The van der Waals surface area contributed by atoms with Gasteiger partial charge in [-0.05, 0) is 0 Å². The number of hydrogen-bond acceptors (Lipinski definition) is 6. The molecule has 0 atom stereocenters. The van der Waals surface area contributed by atoms with Crippen LogP contribution in [-0.2, 0) is 13.5 Å². The lowest BCUT2D eigenvalue weighted by Crippen LogP contribution is -2.07. The van der Waals surface area contributed by atoms with E-state index in [9.17, 15) is 0 Å². The molecule has 120 valence electrons. The Morgan fingerprint density at radius 3 is 2.92 bits per heavy atom. The summed E-state index contributed by atoms with van der Waals surface area (Å²) in [6.07, 6.45) is 4.20. The van der Waals surface area contributed by atoms with Gasteiger partial charge in [0.15, 0.2) is 5.65 Å². The van der Waals surface area contributed by atoms with Gasteiger partial charge in [-0.1, -0.05) is 30.3 Å². The van der Waals surface area contributed by atoms with Crippen molar-refractivity contribution in [1.82, 2.24) is 24.7 Å². The first-order valence-electron chi connectivity index (χ1n) is 7.67. The van der Waals surface area contributed by atoms with Gasteiger partial charge in [-0.25, -0.2) is 15.0 Å². The van der Waals surface area contributed by atoms with Crippen LogP contribution in [0.3, 0.4) is 0 Å². The number of rotatable bonds is 5. The highest BCUT2D eigenvalue weighted by Gasteiger charge is 2.08. The standard InChI is InChI=1S/C17H16N6S/c1-23-17-13(9-21-23)16(19-11-20-17)18-8-7-15-22-14(10-24-15)12-5-3-2-4-6-12/h2-6,9-11H,7-8H2,1H3,(H,18,19,20). The summed E-state index contributed by atoms with van der Waals surface area (Å²) in [4.78, 5) is 13.3. The van der Waals surface area contributed by atoms with Crippen LogP contribution in [0.5, 0.6) is 0 Å². The van der Waals surface area contributed by atoms with Gasteiger partial charge in [0.05, 0.1) is 22.3 Å². The highest BCUT2D eigenvalue weighted by molar-refractivity contribution is 7.09. The summed E-state index contributed by atoms with van der Waals surface area (Å²) in [5.74, 6) is 0.813. The molecule has 0 aliphatic carbocycles. The van der Waals surface area contributed by atoms with E-state index < -0.39 is 0 Å². The van der Waals surface area contributed by atoms with Crippen molar-refractivity contribution >= 4 is 28.2 Å². The molecule has 24 heavy (non-hydrogen) atoms. The highest BCUT2D eigenvalue weighted by Crippen LogP contribution is 2.22. The summed E-state index contributed by atoms with van der Waals surface area (Å²) in [7, 11) is 1.87. The van der Waals surface area contributed by atoms with E-state index in [0.29, 0.717) is 0 Å². The second kappa shape index (κ2) is 6.37. The summed E-state index contributed by atoms with van der Waals surface area (Å²) >= 11 is 1.69. The van der Waals surface area contributed by atoms with Gasteiger partial charge in [0.1, 0.15) is 12.1 Å². The second-order valence-electron chi connectivity index (χ2n) is 5.40. The van der Waals surface area contributed by atoms with Crippen molar-refractivity contribution in [2.45, 2.75) is 6.42 Å². The van der Waals surface area contributed by atoms with E-state index in [-0.39, 0.29) is 0 Å². The zero-order valence-corrected chi connectivity index (χ0v) is 14.0. The molecule has 0 amide bonds. The van der Waals surface area contributed by atoms with Crippen molar-refractivity contribution < 1.29 is 0 Å². The van der Waals surface area contributed by atoms with E-state index in [1.165, 1.54) is 0 Å².